The number of hydrogen-bond acceptors (Lipinski definition) is 2. The number of nitrogens with two attached hydrogens (primary N) is 1. The van der Waals surface area contributed by atoms with E-state index in [2.05, 4.69) is 0 Å². The van der Waals surface area contributed by atoms with Gasteiger partial charge in [-0.3, -0.25) is 0 Å². The lowest BCUT2D eigenvalue weighted by Crippen LogP contribution is -2.21. The minimum absolute atomic E-state index is 0.259. The molecule has 0 saturated carbocycles. The molecule has 1 aromatic carbocycles. The second-order valence-electron chi connectivity index (χ2n) is 3.13. The van der Waals surface area contributed by atoms with Crippen molar-refractivity contribution in [2.45, 2.75) is 18.6 Å². The number of benzene rings is 1. The first-order chi connectivity index (χ1) is 6.79. The van der Waals surface area contributed by atoms with E-state index in [1.54, 1.807) is 0 Å². The van der Waals surface area contributed by atoms with E-state index in [0.29, 0.717) is 0 Å². The second-order valence-corrected chi connectivity index (χ2v) is 3.13. The zero-order chi connectivity index (χ0) is 11.6. The maximum atomic E-state index is 13.1. The third kappa shape index (κ3) is 3.39. The summed E-state index contributed by atoms with van der Waals surface area (Å²) in [6.45, 7) is 0. The molecular formula is C9H9F4NO. The Bertz CT molecular complexity index is 350. The van der Waals surface area contributed by atoms with Crippen LogP contribution in [0.3, 0.4) is 0 Å². The number of alkyl halides is 3. The van der Waals surface area contributed by atoms with Gasteiger partial charge in [-0.25, -0.2) is 4.39 Å². The van der Waals surface area contributed by atoms with Gasteiger partial charge in [0, 0.05) is 17.7 Å². The van der Waals surface area contributed by atoms with Gasteiger partial charge in [0.1, 0.15) is 11.6 Å². The van der Waals surface area contributed by atoms with Crippen LogP contribution in [0.4, 0.5) is 17.6 Å². The zero-order valence-corrected chi connectivity index (χ0v) is 7.55. The third-order valence-electron chi connectivity index (χ3n) is 1.83. The van der Waals surface area contributed by atoms with Crippen LogP contribution >= 0.6 is 0 Å². The molecule has 0 heterocycles. The van der Waals surface area contributed by atoms with Crippen LogP contribution < -0.4 is 5.73 Å². The fraction of sp³-hybridized carbons (Fsp3) is 0.333. The number of phenolic OH excluding ortho intramolecular Hbond substituents is 1. The van der Waals surface area contributed by atoms with Crippen molar-refractivity contribution in [1.82, 2.24) is 0 Å². The molecule has 0 radical (unpaired) electrons. The SMILES string of the molecule is N[C@H](CC(F)(F)F)c1ccc(O)cc1F. The summed E-state index contributed by atoms with van der Waals surface area (Å²) >= 11 is 0. The van der Waals surface area contributed by atoms with E-state index in [1.165, 1.54) is 0 Å². The highest BCUT2D eigenvalue weighted by atomic mass is 19.4. The third-order valence-corrected chi connectivity index (χ3v) is 1.83. The molecule has 1 aromatic rings. The fourth-order valence-corrected chi connectivity index (χ4v) is 1.18. The number of phenols is 1. The Balaban J connectivity index is 2.87. The van der Waals surface area contributed by atoms with Gasteiger partial charge in [-0.15, -0.1) is 0 Å². The van der Waals surface area contributed by atoms with E-state index in [0.717, 1.165) is 18.2 Å². The van der Waals surface area contributed by atoms with E-state index in [-0.39, 0.29) is 11.3 Å². The highest BCUT2D eigenvalue weighted by Crippen LogP contribution is 2.29. The van der Waals surface area contributed by atoms with Crippen LogP contribution in [0.15, 0.2) is 18.2 Å². The van der Waals surface area contributed by atoms with E-state index in [4.69, 9.17) is 10.8 Å². The van der Waals surface area contributed by atoms with Crippen molar-refractivity contribution in [3.05, 3.63) is 29.6 Å². The largest absolute Gasteiger partial charge is 0.508 e. The highest BCUT2D eigenvalue weighted by Gasteiger charge is 2.31. The van der Waals surface area contributed by atoms with E-state index < -0.39 is 24.5 Å². The molecule has 0 unspecified atom stereocenters. The summed E-state index contributed by atoms with van der Waals surface area (Å²) < 4.78 is 48.9. The van der Waals surface area contributed by atoms with Crippen LogP contribution in [0.2, 0.25) is 0 Å². The molecule has 3 N–H and O–H groups in total. The molecule has 0 aromatic heterocycles. The van der Waals surface area contributed by atoms with Crippen molar-refractivity contribution < 1.29 is 22.7 Å². The van der Waals surface area contributed by atoms with Crippen LogP contribution in [0.1, 0.15) is 18.0 Å². The van der Waals surface area contributed by atoms with Gasteiger partial charge in [0.15, 0.2) is 0 Å². The minimum atomic E-state index is -4.44. The summed E-state index contributed by atoms with van der Waals surface area (Å²) in [6, 6.07) is 1.41. The lowest BCUT2D eigenvalue weighted by molar-refractivity contribution is -0.138. The molecule has 1 rings (SSSR count). The first kappa shape index (κ1) is 11.8. The molecular weight excluding hydrogens is 214 g/mol. The predicted octanol–water partition coefficient (Wildman–Crippen LogP) is 2.48. The zero-order valence-electron chi connectivity index (χ0n) is 7.55. The number of rotatable bonds is 2. The quantitative estimate of drug-likeness (QED) is 0.756. The summed E-state index contributed by atoms with van der Waals surface area (Å²) in [7, 11) is 0. The van der Waals surface area contributed by atoms with Crippen LogP contribution in [-0.2, 0) is 0 Å². The van der Waals surface area contributed by atoms with Gasteiger partial charge < -0.3 is 10.8 Å². The lowest BCUT2D eigenvalue weighted by Gasteiger charge is -2.15. The van der Waals surface area contributed by atoms with Gasteiger partial charge in [-0.2, -0.15) is 13.2 Å². The molecule has 0 aliphatic rings. The van der Waals surface area contributed by atoms with Crippen molar-refractivity contribution in [1.29, 1.82) is 0 Å². The predicted molar refractivity (Wildman–Crippen MR) is 45.7 cm³/mol. The van der Waals surface area contributed by atoms with Gasteiger partial charge in [0.25, 0.3) is 0 Å². The maximum absolute atomic E-state index is 13.1. The Morgan fingerprint density at radius 1 is 1.33 bits per heavy atom. The Labute approximate surface area is 83.3 Å². The lowest BCUT2D eigenvalue weighted by atomic mass is 10.0. The number of halogens is 4. The molecule has 84 valence electrons. The van der Waals surface area contributed by atoms with Gasteiger partial charge in [0.2, 0.25) is 0 Å². The van der Waals surface area contributed by atoms with Crippen molar-refractivity contribution in [2.75, 3.05) is 0 Å². The smallest absolute Gasteiger partial charge is 0.390 e. The molecule has 0 amide bonds. The second kappa shape index (κ2) is 4.06. The molecule has 6 heteroatoms. The van der Waals surface area contributed by atoms with Crippen LogP contribution in [0.5, 0.6) is 5.75 Å². The number of hydrogen-bond donors (Lipinski definition) is 2. The minimum Gasteiger partial charge on any atom is -0.508 e. The highest BCUT2D eigenvalue weighted by molar-refractivity contribution is 5.29. The van der Waals surface area contributed by atoms with Crippen LogP contribution in [0.25, 0.3) is 0 Å². The monoisotopic (exact) mass is 223 g/mol. The molecule has 1 atom stereocenters. The molecule has 0 saturated heterocycles. The Kier molecular flexibility index (Phi) is 3.18. The normalized spacial score (nSPS) is 13.9. The van der Waals surface area contributed by atoms with Crippen LogP contribution in [0, 0.1) is 5.82 Å². The van der Waals surface area contributed by atoms with E-state index in [1.807, 2.05) is 0 Å². The van der Waals surface area contributed by atoms with Gasteiger partial charge in [-0.1, -0.05) is 6.07 Å². The molecule has 0 aliphatic carbocycles. The summed E-state index contributed by atoms with van der Waals surface area (Å²) in [5, 5.41) is 8.85. The van der Waals surface area contributed by atoms with E-state index in [9.17, 15) is 17.6 Å². The average Bonchev–Trinajstić information content (AvgIpc) is 1.99. The molecule has 15 heavy (non-hydrogen) atoms. The summed E-state index contributed by atoms with van der Waals surface area (Å²) in [4.78, 5) is 0. The van der Waals surface area contributed by atoms with Crippen molar-refractivity contribution >= 4 is 0 Å². The Morgan fingerprint density at radius 3 is 2.40 bits per heavy atom. The van der Waals surface area contributed by atoms with Gasteiger partial charge >= 0.3 is 6.18 Å². The van der Waals surface area contributed by atoms with Gasteiger partial charge in [0.05, 0.1) is 6.42 Å². The fourth-order valence-electron chi connectivity index (χ4n) is 1.18. The van der Waals surface area contributed by atoms with Gasteiger partial charge in [-0.05, 0) is 6.07 Å². The number of aromatic hydroxyl groups is 1. The molecule has 0 bridgehead atoms. The van der Waals surface area contributed by atoms with Crippen molar-refractivity contribution in [2.24, 2.45) is 5.73 Å². The molecule has 0 spiro atoms. The standard InChI is InChI=1S/C9H9F4NO/c10-7-3-5(15)1-2-6(7)8(14)4-9(11,12)13/h1-3,8,15H,4,14H2/t8-/m1/s1. The Morgan fingerprint density at radius 2 is 1.93 bits per heavy atom. The van der Waals surface area contributed by atoms with Crippen LogP contribution in [-0.4, -0.2) is 11.3 Å². The topological polar surface area (TPSA) is 46.2 Å². The summed E-state index contributed by atoms with van der Waals surface area (Å²) in [6.07, 6.45) is -5.74. The molecule has 0 fully saturated rings. The molecule has 0 aliphatic heterocycles. The summed E-state index contributed by atoms with van der Waals surface area (Å²) in [5.41, 5.74) is 4.93. The van der Waals surface area contributed by atoms with Crippen molar-refractivity contribution in [3.8, 4) is 5.75 Å². The molecule has 2 nitrogen and oxygen atoms in total. The first-order valence-electron chi connectivity index (χ1n) is 4.10. The average molecular weight is 223 g/mol. The summed E-state index contributed by atoms with van der Waals surface area (Å²) in [5.74, 6) is -1.29. The Hall–Kier alpha value is -1.30. The van der Waals surface area contributed by atoms with Crippen molar-refractivity contribution in [3.63, 3.8) is 0 Å². The van der Waals surface area contributed by atoms with E-state index >= 15 is 0 Å². The maximum Gasteiger partial charge on any atom is 0.390 e. The first-order valence-corrected chi connectivity index (χ1v) is 4.10.